The van der Waals surface area contributed by atoms with Crippen LogP contribution >= 0.6 is 0 Å². The molecule has 0 bridgehead atoms. The van der Waals surface area contributed by atoms with Crippen LogP contribution < -0.4 is 20.2 Å². The monoisotopic (exact) mass is 960 g/mol. The fraction of sp³-hybridized carbons (Fsp3) is 0.0909. The Balaban J connectivity index is 0.836. The average Bonchev–Trinajstić information content (AvgIpc) is 3.40. The summed E-state index contributed by atoms with van der Waals surface area (Å²) in [5, 5.41) is 26.9. The van der Waals surface area contributed by atoms with Crippen LogP contribution in [0.4, 0.5) is 34.1 Å². The first-order valence-electron chi connectivity index (χ1n) is 24.6. The van der Waals surface area contributed by atoms with Gasteiger partial charge in [-0.25, -0.2) is 0 Å². The molecule has 10 aromatic carbocycles. The molecule has 0 aliphatic heterocycles. The summed E-state index contributed by atoms with van der Waals surface area (Å²) < 4.78 is 0. The van der Waals surface area contributed by atoms with Crippen LogP contribution in [0.25, 0.3) is 56.0 Å². The molecule has 0 N–H and O–H groups in total. The molecule has 0 atom stereocenters. The molecular weight excluding hydrogens is 905 g/mol. The molecular formula is C66H56N4Si2. The van der Waals surface area contributed by atoms with E-state index in [1.165, 1.54) is 31.9 Å². The fourth-order valence-electron chi connectivity index (χ4n) is 9.31. The number of benzene rings is 10. The van der Waals surface area contributed by atoms with E-state index >= 15 is 0 Å². The summed E-state index contributed by atoms with van der Waals surface area (Å²) in [6.45, 7) is 14.3. The van der Waals surface area contributed by atoms with Gasteiger partial charge in [0.2, 0.25) is 0 Å². The Bertz CT molecular complexity index is 3440. The van der Waals surface area contributed by atoms with Crippen molar-refractivity contribution in [2.24, 2.45) is 0 Å². The summed E-state index contributed by atoms with van der Waals surface area (Å²) in [6, 6.07) is 82.2. The molecule has 4 nitrogen and oxygen atoms in total. The normalized spacial score (nSPS) is 11.7. The van der Waals surface area contributed by atoms with Crippen LogP contribution in [0.1, 0.15) is 22.3 Å². The number of hydrogen-bond donors (Lipinski definition) is 0. The third kappa shape index (κ3) is 10.2. The van der Waals surface area contributed by atoms with Crippen molar-refractivity contribution in [1.82, 2.24) is 0 Å². The zero-order valence-corrected chi connectivity index (χ0v) is 43.7. The average molecular weight is 961 g/mol. The Labute approximate surface area is 426 Å². The van der Waals surface area contributed by atoms with E-state index in [1.807, 2.05) is 48.5 Å². The van der Waals surface area contributed by atoms with Crippen LogP contribution in [0, 0.1) is 22.7 Å². The van der Waals surface area contributed by atoms with Crippen LogP contribution in [0.15, 0.2) is 218 Å². The minimum Gasteiger partial charge on any atom is -0.310 e. The van der Waals surface area contributed by atoms with Crippen LogP contribution in [0.3, 0.4) is 0 Å². The molecule has 0 fully saturated rings. The molecule has 0 aliphatic carbocycles. The number of nitrogens with zero attached hydrogens (tertiary/aromatic N) is 4. The van der Waals surface area contributed by atoms with Gasteiger partial charge in [-0.05, 0) is 152 Å². The van der Waals surface area contributed by atoms with Crippen molar-refractivity contribution in [3.63, 3.8) is 0 Å². The van der Waals surface area contributed by atoms with Crippen molar-refractivity contribution in [2.45, 2.75) is 39.3 Å². The van der Waals surface area contributed by atoms with Gasteiger partial charge >= 0.3 is 0 Å². The molecule has 0 saturated heterocycles. The van der Waals surface area contributed by atoms with E-state index in [-0.39, 0.29) is 0 Å². The Kier molecular flexibility index (Phi) is 12.9. The SMILES string of the molecule is C[Si](C)(C)c1ccc2cc(N(c3ccc(C#N)cc3)c3ccc(-c4ccc(/C=C/c5ccc(-c6ccc(N(c7ccc(C#N)cc7)c7ccc8cc([Si](C)(C)C)ccc8c7)cc6)cc5)cc4)cc3)ccc2c1. The van der Waals surface area contributed by atoms with E-state index in [2.05, 4.69) is 243 Å². The first-order chi connectivity index (χ1) is 34.8. The Morgan fingerprint density at radius 3 is 0.875 bits per heavy atom. The highest BCUT2D eigenvalue weighted by Crippen LogP contribution is 2.39. The molecule has 0 saturated carbocycles. The molecule has 0 spiro atoms. The summed E-state index contributed by atoms with van der Waals surface area (Å²) >= 11 is 0. The number of rotatable bonds is 12. The lowest BCUT2D eigenvalue weighted by Gasteiger charge is -2.26. The second-order valence-corrected chi connectivity index (χ2v) is 30.8. The van der Waals surface area contributed by atoms with Crippen molar-refractivity contribution < 1.29 is 0 Å². The summed E-state index contributed by atoms with van der Waals surface area (Å²) in [7, 11) is -2.88. The van der Waals surface area contributed by atoms with Gasteiger partial charge in [-0.3, -0.25) is 0 Å². The quantitative estimate of drug-likeness (QED) is 0.0904. The summed E-state index contributed by atoms with van der Waals surface area (Å²) in [6.07, 6.45) is 4.33. The van der Waals surface area contributed by atoms with Gasteiger partial charge in [0.1, 0.15) is 0 Å². The maximum Gasteiger partial charge on any atom is 0.0991 e. The van der Waals surface area contributed by atoms with E-state index in [4.69, 9.17) is 0 Å². The van der Waals surface area contributed by atoms with Crippen molar-refractivity contribution >= 4 is 94.3 Å². The summed E-state index contributed by atoms with van der Waals surface area (Å²) in [4.78, 5) is 4.52. The molecule has 72 heavy (non-hydrogen) atoms. The van der Waals surface area contributed by atoms with Crippen LogP contribution in [-0.2, 0) is 0 Å². The Morgan fingerprint density at radius 1 is 0.306 bits per heavy atom. The summed E-state index contributed by atoms with van der Waals surface area (Å²) in [5.41, 5.74) is 14.3. The second-order valence-electron chi connectivity index (χ2n) is 20.7. The standard InChI is InChI=1S/C66H56N4Si2/c1-71(2,3)65-39-27-55-41-63(37-25-57(55)43-65)69(59-29-13-49(45-67)14-30-59)61-33-21-53(22-34-61)51-17-9-47(10-18-51)7-8-48-11-19-52(20-12-48)54-23-35-62(36-24-54)70(60-31-15-50(46-68)16-32-60)64-38-26-58-44-66(72(4,5)6)40-28-56(58)42-64/h7-44H,1-6H3/b8-7+. The Hall–Kier alpha value is -8.53. The molecule has 10 aromatic rings. The second kappa shape index (κ2) is 19.7. The van der Waals surface area contributed by atoms with Gasteiger partial charge < -0.3 is 9.80 Å². The van der Waals surface area contributed by atoms with Gasteiger partial charge in [0.25, 0.3) is 0 Å². The van der Waals surface area contributed by atoms with Crippen LogP contribution in [0.2, 0.25) is 39.3 Å². The van der Waals surface area contributed by atoms with Crippen LogP contribution in [-0.4, -0.2) is 16.1 Å². The lowest BCUT2D eigenvalue weighted by atomic mass is 10.0. The number of nitriles is 2. The maximum absolute atomic E-state index is 9.52. The highest BCUT2D eigenvalue weighted by atomic mass is 28.3. The molecule has 0 amide bonds. The van der Waals surface area contributed by atoms with E-state index < -0.39 is 16.1 Å². The predicted molar refractivity (Wildman–Crippen MR) is 312 cm³/mol. The highest BCUT2D eigenvalue weighted by Gasteiger charge is 2.20. The molecule has 6 heteroatoms. The summed E-state index contributed by atoms with van der Waals surface area (Å²) in [5.74, 6) is 0. The minimum atomic E-state index is -1.44. The Morgan fingerprint density at radius 2 is 0.569 bits per heavy atom. The molecule has 0 unspecified atom stereocenters. The van der Waals surface area contributed by atoms with Crippen molar-refractivity contribution in [3.8, 4) is 34.4 Å². The first-order valence-corrected chi connectivity index (χ1v) is 31.6. The van der Waals surface area contributed by atoms with Crippen molar-refractivity contribution in [2.75, 3.05) is 9.80 Å². The van der Waals surface area contributed by atoms with E-state index in [9.17, 15) is 10.5 Å². The van der Waals surface area contributed by atoms with E-state index in [0.717, 1.165) is 67.5 Å². The largest absolute Gasteiger partial charge is 0.310 e. The molecule has 348 valence electrons. The third-order valence-electron chi connectivity index (χ3n) is 13.6. The van der Waals surface area contributed by atoms with E-state index in [1.54, 1.807) is 0 Å². The molecule has 10 rings (SSSR count). The van der Waals surface area contributed by atoms with Crippen LogP contribution in [0.5, 0.6) is 0 Å². The highest BCUT2D eigenvalue weighted by molar-refractivity contribution is 6.89. The smallest absolute Gasteiger partial charge is 0.0991 e. The molecule has 0 aromatic heterocycles. The van der Waals surface area contributed by atoms with Gasteiger partial charge in [0, 0.05) is 34.1 Å². The topological polar surface area (TPSA) is 54.1 Å². The molecule has 0 radical (unpaired) electrons. The minimum absolute atomic E-state index is 0.639. The molecule has 0 aliphatic rings. The van der Waals surface area contributed by atoms with Gasteiger partial charge in [0.15, 0.2) is 0 Å². The number of anilines is 6. The fourth-order valence-corrected chi connectivity index (χ4v) is 11.7. The van der Waals surface area contributed by atoms with Crippen molar-refractivity contribution in [1.29, 1.82) is 10.5 Å². The van der Waals surface area contributed by atoms with E-state index in [0.29, 0.717) is 11.1 Å². The zero-order valence-electron chi connectivity index (χ0n) is 41.7. The zero-order chi connectivity index (χ0) is 50.0. The van der Waals surface area contributed by atoms with Gasteiger partial charge in [-0.2, -0.15) is 10.5 Å². The van der Waals surface area contributed by atoms with Crippen molar-refractivity contribution in [3.05, 3.63) is 241 Å². The number of fused-ring (bicyclic) bond motifs is 2. The first kappa shape index (κ1) is 47.2. The third-order valence-corrected chi connectivity index (χ3v) is 17.7. The molecule has 0 heterocycles. The lowest BCUT2D eigenvalue weighted by molar-refractivity contribution is 1.29. The lowest BCUT2D eigenvalue weighted by Crippen LogP contribution is -2.37. The maximum atomic E-state index is 9.52. The predicted octanol–water partition coefficient (Wildman–Crippen LogP) is 17.3. The van der Waals surface area contributed by atoms with Gasteiger partial charge in [-0.1, -0.05) is 183 Å². The van der Waals surface area contributed by atoms with Gasteiger partial charge in [0.05, 0.1) is 39.4 Å². The number of hydrogen-bond acceptors (Lipinski definition) is 4. The van der Waals surface area contributed by atoms with Gasteiger partial charge in [-0.15, -0.1) is 0 Å².